The molecule has 0 aromatic heterocycles. The van der Waals surface area contributed by atoms with Crippen molar-refractivity contribution in [2.45, 2.75) is 25.0 Å². The van der Waals surface area contributed by atoms with E-state index in [1.807, 2.05) is 18.2 Å². The van der Waals surface area contributed by atoms with Gasteiger partial charge in [0.2, 0.25) is 10.0 Å². The Kier molecular flexibility index (Phi) is 5.80. The minimum Gasteiger partial charge on any atom is -0.388 e. The molecule has 100 valence electrons. The number of sulfonamides is 1. The molecule has 0 saturated heterocycles. The summed E-state index contributed by atoms with van der Waals surface area (Å²) in [5.74, 6) is 0.141. The fourth-order valence-electron chi connectivity index (χ4n) is 1.51. The van der Waals surface area contributed by atoms with Crippen LogP contribution in [0.3, 0.4) is 0 Å². The molecule has 0 atom stereocenters. The van der Waals surface area contributed by atoms with Crippen molar-refractivity contribution in [1.82, 2.24) is 4.72 Å². The molecule has 0 heterocycles. The number of nitrogens with one attached hydrogen (secondary N) is 2. The van der Waals surface area contributed by atoms with Crippen LogP contribution >= 0.6 is 0 Å². The second-order valence-corrected chi connectivity index (χ2v) is 5.93. The molecule has 0 aliphatic rings. The van der Waals surface area contributed by atoms with Crippen molar-refractivity contribution in [3.8, 4) is 0 Å². The number of hydrogen-bond donors (Lipinski definition) is 3. The highest BCUT2D eigenvalue weighted by Crippen LogP contribution is 2.04. The summed E-state index contributed by atoms with van der Waals surface area (Å²) in [5.41, 5.74) is 5.98. The van der Waals surface area contributed by atoms with Crippen molar-refractivity contribution >= 4 is 15.9 Å². The van der Waals surface area contributed by atoms with E-state index >= 15 is 0 Å². The molecule has 1 aromatic rings. The molecule has 1 aromatic carbocycles. The molecule has 4 N–H and O–H groups in total. The summed E-state index contributed by atoms with van der Waals surface area (Å²) in [5, 5.41) is 7.04. The van der Waals surface area contributed by atoms with E-state index in [1.54, 1.807) is 12.1 Å². The molecule has 6 heteroatoms. The van der Waals surface area contributed by atoms with E-state index in [9.17, 15) is 8.42 Å². The second kappa shape index (κ2) is 7.13. The summed E-state index contributed by atoms with van der Waals surface area (Å²) in [4.78, 5) is 0. The third-order valence-electron chi connectivity index (χ3n) is 2.39. The van der Waals surface area contributed by atoms with Crippen LogP contribution < -0.4 is 10.5 Å². The Morgan fingerprint density at radius 3 is 2.50 bits per heavy atom. The number of hydrogen-bond acceptors (Lipinski definition) is 3. The Bertz CT molecular complexity index is 471. The fraction of sp³-hybridized carbons (Fsp3) is 0.417. The maximum atomic E-state index is 11.7. The largest absolute Gasteiger partial charge is 0.388 e. The third kappa shape index (κ3) is 6.36. The molecular formula is C12H19N3O2S. The molecule has 0 aliphatic carbocycles. The van der Waals surface area contributed by atoms with Gasteiger partial charge in [-0.1, -0.05) is 30.3 Å². The zero-order valence-electron chi connectivity index (χ0n) is 10.2. The summed E-state index contributed by atoms with van der Waals surface area (Å²) < 4.78 is 26.0. The summed E-state index contributed by atoms with van der Waals surface area (Å²) in [6, 6.07) is 9.06. The predicted octanol–water partition coefficient (Wildman–Crippen LogP) is 1.21. The molecule has 0 saturated carbocycles. The smallest absolute Gasteiger partial charge is 0.215 e. The van der Waals surface area contributed by atoms with Crippen LogP contribution in [0.5, 0.6) is 0 Å². The molecule has 0 radical (unpaired) electrons. The lowest BCUT2D eigenvalue weighted by Gasteiger charge is -2.06. The van der Waals surface area contributed by atoms with Gasteiger partial charge in [0, 0.05) is 13.0 Å². The highest BCUT2D eigenvalue weighted by atomic mass is 32.2. The standard InChI is InChI=1S/C12H19N3O2S/c13-12(14)8-4-5-9-15-18(16,17)10-11-6-2-1-3-7-11/h1-3,6-7,15H,4-5,8-10H2,(H3,13,14). The van der Waals surface area contributed by atoms with Gasteiger partial charge in [0.15, 0.2) is 0 Å². The van der Waals surface area contributed by atoms with Gasteiger partial charge in [0.1, 0.15) is 0 Å². The second-order valence-electron chi connectivity index (χ2n) is 4.12. The zero-order chi connectivity index (χ0) is 13.4. The summed E-state index contributed by atoms with van der Waals surface area (Å²) in [6.07, 6.45) is 1.93. The minimum absolute atomic E-state index is 0.000544. The first-order valence-electron chi connectivity index (χ1n) is 5.84. The van der Waals surface area contributed by atoms with Gasteiger partial charge in [-0.15, -0.1) is 0 Å². The molecular weight excluding hydrogens is 250 g/mol. The Hall–Kier alpha value is -1.40. The van der Waals surface area contributed by atoms with Crippen molar-refractivity contribution in [3.05, 3.63) is 35.9 Å². The van der Waals surface area contributed by atoms with Crippen LogP contribution in [0.25, 0.3) is 0 Å². The molecule has 0 amide bonds. The first-order valence-corrected chi connectivity index (χ1v) is 7.49. The molecule has 5 nitrogen and oxygen atoms in total. The van der Waals surface area contributed by atoms with Crippen LogP contribution in [0.4, 0.5) is 0 Å². The van der Waals surface area contributed by atoms with Gasteiger partial charge in [0.25, 0.3) is 0 Å². The SMILES string of the molecule is N=C(N)CCCCNS(=O)(=O)Cc1ccccc1. The fourth-order valence-corrected chi connectivity index (χ4v) is 2.70. The van der Waals surface area contributed by atoms with Crippen LogP contribution in [0.1, 0.15) is 24.8 Å². The molecule has 18 heavy (non-hydrogen) atoms. The van der Waals surface area contributed by atoms with Crippen LogP contribution in [0.15, 0.2) is 30.3 Å². The Labute approximate surface area is 108 Å². The number of nitrogens with two attached hydrogens (primary N) is 1. The summed E-state index contributed by atoms with van der Waals surface area (Å²) in [6.45, 7) is 0.391. The zero-order valence-corrected chi connectivity index (χ0v) is 11.0. The lowest BCUT2D eigenvalue weighted by molar-refractivity contribution is 0.576. The van der Waals surface area contributed by atoms with Crippen molar-refractivity contribution in [1.29, 1.82) is 5.41 Å². The quantitative estimate of drug-likeness (QED) is 0.376. The Morgan fingerprint density at radius 2 is 1.89 bits per heavy atom. The third-order valence-corrected chi connectivity index (χ3v) is 3.75. The lowest BCUT2D eigenvalue weighted by Crippen LogP contribution is -2.26. The Morgan fingerprint density at radius 1 is 1.22 bits per heavy atom. The highest BCUT2D eigenvalue weighted by Gasteiger charge is 2.10. The first-order chi connectivity index (χ1) is 8.49. The molecule has 0 unspecified atom stereocenters. The van der Waals surface area contributed by atoms with Crippen molar-refractivity contribution in [2.75, 3.05) is 6.54 Å². The maximum Gasteiger partial charge on any atom is 0.215 e. The van der Waals surface area contributed by atoms with Gasteiger partial charge < -0.3 is 5.73 Å². The summed E-state index contributed by atoms with van der Waals surface area (Å²) in [7, 11) is -3.27. The van der Waals surface area contributed by atoms with E-state index < -0.39 is 10.0 Å². The number of rotatable bonds is 8. The van der Waals surface area contributed by atoms with E-state index in [2.05, 4.69) is 4.72 Å². The van der Waals surface area contributed by atoms with Crippen LogP contribution in [0, 0.1) is 5.41 Å². The van der Waals surface area contributed by atoms with E-state index in [4.69, 9.17) is 11.1 Å². The molecule has 0 fully saturated rings. The minimum atomic E-state index is -3.27. The van der Waals surface area contributed by atoms with Gasteiger partial charge in [-0.2, -0.15) is 0 Å². The van der Waals surface area contributed by atoms with Crippen molar-refractivity contribution in [3.63, 3.8) is 0 Å². The highest BCUT2D eigenvalue weighted by molar-refractivity contribution is 7.88. The monoisotopic (exact) mass is 269 g/mol. The molecule has 1 rings (SSSR count). The normalized spacial score (nSPS) is 11.3. The summed E-state index contributed by atoms with van der Waals surface area (Å²) >= 11 is 0. The topological polar surface area (TPSA) is 96.0 Å². The first kappa shape index (κ1) is 14.7. The van der Waals surface area contributed by atoms with Gasteiger partial charge in [0.05, 0.1) is 11.6 Å². The van der Waals surface area contributed by atoms with Gasteiger partial charge in [-0.25, -0.2) is 13.1 Å². The average molecular weight is 269 g/mol. The van der Waals surface area contributed by atoms with Crippen LogP contribution in [-0.4, -0.2) is 20.8 Å². The molecule has 0 bridgehead atoms. The van der Waals surface area contributed by atoms with Gasteiger partial charge in [-0.05, 0) is 18.4 Å². The average Bonchev–Trinajstić information content (AvgIpc) is 2.28. The van der Waals surface area contributed by atoms with Crippen LogP contribution in [0.2, 0.25) is 0 Å². The van der Waals surface area contributed by atoms with E-state index in [0.29, 0.717) is 19.4 Å². The lowest BCUT2D eigenvalue weighted by atomic mass is 10.2. The van der Waals surface area contributed by atoms with E-state index in [0.717, 1.165) is 12.0 Å². The molecule has 0 aliphatic heterocycles. The predicted molar refractivity (Wildman–Crippen MR) is 72.8 cm³/mol. The van der Waals surface area contributed by atoms with E-state index in [1.165, 1.54) is 0 Å². The van der Waals surface area contributed by atoms with Gasteiger partial charge in [-0.3, -0.25) is 5.41 Å². The number of unbranched alkanes of at least 4 members (excludes halogenated alkanes) is 1. The number of benzene rings is 1. The van der Waals surface area contributed by atoms with Crippen molar-refractivity contribution in [2.24, 2.45) is 5.73 Å². The molecule has 0 spiro atoms. The van der Waals surface area contributed by atoms with Crippen molar-refractivity contribution < 1.29 is 8.42 Å². The van der Waals surface area contributed by atoms with E-state index in [-0.39, 0.29) is 11.6 Å². The van der Waals surface area contributed by atoms with Crippen LogP contribution in [-0.2, 0) is 15.8 Å². The number of amidine groups is 1. The van der Waals surface area contributed by atoms with Gasteiger partial charge >= 0.3 is 0 Å². The Balaban J connectivity index is 2.30. The maximum absolute atomic E-state index is 11.7.